The summed E-state index contributed by atoms with van der Waals surface area (Å²) in [5, 5.41) is 0. The van der Waals surface area contributed by atoms with Crippen LogP contribution in [0.15, 0.2) is 34.1 Å². The van der Waals surface area contributed by atoms with Crippen molar-refractivity contribution in [3.8, 4) is 0 Å². The van der Waals surface area contributed by atoms with Crippen molar-refractivity contribution in [2.24, 2.45) is 5.92 Å². The Balaban J connectivity index is 2.21. The third-order valence-electron chi connectivity index (χ3n) is 3.89. The lowest BCUT2D eigenvalue weighted by Crippen LogP contribution is -2.38. The number of rotatable bonds is 4. The van der Waals surface area contributed by atoms with Gasteiger partial charge in [0.25, 0.3) is 9.05 Å². The molecular formula is C13H18ClNO4S2. The molecule has 1 heterocycles. The quantitative estimate of drug-likeness (QED) is 0.781. The van der Waals surface area contributed by atoms with Crippen molar-refractivity contribution in [2.45, 2.75) is 36.0 Å². The van der Waals surface area contributed by atoms with Crippen LogP contribution >= 0.6 is 10.7 Å². The topological polar surface area (TPSA) is 71.5 Å². The van der Waals surface area contributed by atoms with E-state index in [2.05, 4.69) is 6.92 Å². The molecule has 1 saturated heterocycles. The summed E-state index contributed by atoms with van der Waals surface area (Å²) < 4.78 is 48.8. The highest BCUT2D eigenvalue weighted by Crippen LogP contribution is 2.26. The molecule has 8 heteroatoms. The van der Waals surface area contributed by atoms with E-state index in [0.717, 1.165) is 19.3 Å². The normalized spacial score (nSPS) is 18.8. The first-order valence-electron chi connectivity index (χ1n) is 6.80. The predicted molar refractivity (Wildman–Crippen MR) is 81.3 cm³/mol. The Morgan fingerprint density at radius 3 is 1.95 bits per heavy atom. The molecule has 1 aliphatic rings. The van der Waals surface area contributed by atoms with Crippen LogP contribution in [0.2, 0.25) is 0 Å². The monoisotopic (exact) mass is 351 g/mol. The fourth-order valence-corrected chi connectivity index (χ4v) is 4.72. The van der Waals surface area contributed by atoms with Crippen molar-refractivity contribution >= 4 is 29.8 Å². The molecule has 0 N–H and O–H groups in total. The minimum atomic E-state index is -3.84. The van der Waals surface area contributed by atoms with Crippen molar-refractivity contribution in [1.29, 1.82) is 0 Å². The number of hydrogen-bond donors (Lipinski definition) is 0. The van der Waals surface area contributed by atoms with Gasteiger partial charge in [-0.15, -0.1) is 0 Å². The van der Waals surface area contributed by atoms with E-state index in [0.29, 0.717) is 19.0 Å². The number of halogens is 1. The molecule has 0 spiro atoms. The molecule has 0 radical (unpaired) electrons. The van der Waals surface area contributed by atoms with Gasteiger partial charge in [-0.3, -0.25) is 0 Å². The lowest BCUT2D eigenvalue weighted by Gasteiger charge is -2.30. The second kappa shape index (κ2) is 6.24. The van der Waals surface area contributed by atoms with Crippen molar-refractivity contribution in [3.05, 3.63) is 24.3 Å². The summed E-state index contributed by atoms with van der Waals surface area (Å²) in [5.74, 6) is 0.584. The number of nitrogens with zero attached hydrogens (tertiary/aromatic N) is 1. The van der Waals surface area contributed by atoms with Crippen LogP contribution in [0.1, 0.15) is 26.2 Å². The van der Waals surface area contributed by atoms with Gasteiger partial charge in [0, 0.05) is 23.8 Å². The Labute approximate surface area is 130 Å². The van der Waals surface area contributed by atoms with Crippen LogP contribution in [-0.4, -0.2) is 34.2 Å². The SMILES string of the molecule is CCC1CCN(S(=O)(=O)c2ccc(S(=O)(=O)Cl)cc2)CC1. The van der Waals surface area contributed by atoms with Gasteiger partial charge in [0.2, 0.25) is 10.0 Å². The molecule has 21 heavy (non-hydrogen) atoms. The third kappa shape index (κ3) is 3.77. The number of piperidine rings is 1. The van der Waals surface area contributed by atoms with Crippen LogP contribution in [0, 0.1) is 5.92 Å². The summed E-state index contributed by atoms with van der Waals surface area (Å²) in [6, 6.07) is 5.01. The first kappa shape index (κ1) is 16.7. The summed E-state index contributed by atoms with van der Waals surface area (Å²) in [7, 11) is -2.18. The smallest absolute Gasteiger partial charge is 0.207 e. The molecule has 0 unspecified atom stereocenters. The molecular weight excluding hydrogens is 334 g/mol. The van der Waals surface area contributed by atoms with Gasteiger partial charge in [0.05, 0.1) is 9.79 Å². The minimum Gasteiger partial charge on any atom is -0.207 e. The maximum Gasteiger partial charge on any atom is 0.261 e. The summed E-state index contributed by atoms with van der Waals surface area (Å²) in [6.45, 7) is 3.13. The van der Waals surface area contributed by atoms with Crippen molar-refractivity contribution in [3.63, 3.8) is 0 Å². The number of hydrogen-bond acceptors (Lipinski definition) is 4. The Bertz CT molecular complexity index is 690. The van der Waals surface area contributed by atoms with E-state index < -0.39 is 19.1 Å². The molecule has 0 saturated carbocycles. The largest absolute Gasteiger partial charge is 0.261 e. The van der Waals surface area contributed by atoms with Crippen molar-refractivity contribution in [1.82, 2.24) is 4.31 Å². The standard InChI is InChI=1S/C13H18ClNO4S2/c1-2-11-7-9-15(10-8-11)21(18,19)13-5-3-12(4-6-13)20(14,16)17/h3-6,11H,2,7-10H2,1H3. The predicted octanol–water partition coefficient (Wildman–Crippen LogP) is 2.42. The molecule has 5 nitrogen and oxygen atoms in total. The van der Waals surface area contributed by atoms with E-state index in [1.807, 2.05) is 0 Å². The van der Waals surface area contributed by atoms with E-state index in [9.17, 15) is 16.8 Å². The zero-order chi connectivity index (χ0) is 15.7. The molecule has 0 amide bonds. The van der Waals surface area contributed by atoms with E-state index in [-0.39, 0.29) is 9.79 Å². The second-order valence-electron chi connectivity index (χ2n) is 5.16. The fourth-order valence-electron chi connectivity index (χ4n) is 2.48. The molecule has 2 rings (SSSR count). The number of benzene rings is 1. The Morgan fingerprint density at radius 2 is 1.52 bits per heavy atom. The Morgan fingerprint density at radius 1 is 1.05 bits per heavy atom. The summed E-state index contributed by atoms with van der Waals surface area (Å²) in [4.78, 5) is -0.00526. The molecule has 0 aromatic heterocycles. The van der Waals surface area contributed by atoms with Gasteiger partial charge >= 0.3 is 0 Å². The summed E-state index contributed by atoms with van der Waals surface area (Å²) in [5.41, 5.74) is 0. The van der Waals surface area contributed by atoms with Crippen LogP contribution in [0.25, 0.3) is 0 Å². The third-order valence-corrected chi connectivity index (χ3v) is 7.18. The van der Waals surface area contributed by atoms with Crippen LogP contribution in [0.5, 0.6) is 0 Å². The second-order valence-corrected chi connectivity index (χ2v) is 9.67. The first-order chi connectivity index (χ1) is 9.75. The zero-order valence-electron chi connectivity index (χ0n) is 11.7. The van der Waals surface area contributed by atoms with Gasteiger partial charge in [0.15, 0.2) is 0 Å². The summed E-state index contributed by atoms with van der Waals surface area (Å²) >= 11 is 0. The van der Waals surface area contributed by atoms with Gasteiger partial charge in [0.1, 0.15) is 0 Å². The van der Waals surface area contributed by atoms with E-state index in [1.165, 1.54) is 28.6 Å². The van der Waals surface area contributed by atoms with E-state index in [4.69, 9.17) is 10.7 Å². The molecule has 1 fully saturated rings. The maximum atomic E-state index is 12.5. The van der Waals surface area contributed by atoms with Crippen LogP contribution in [0.3, 0.4) is 0 Å². The fraction of sp³-hybridized carbons (Fsp3) is 0.538. The average Bonchev–Trinajstić information content (AvgIpc) is 2.46. The number of sulfonamides is 1. The highest BCUT2D eigenvalue weighted by Gasteiger charge is 2.29. The summed E-state index contributed by atoms with van der Waals surface area (Å²) in [6.07, 6.45) is 2.80. The van der Waals surface area contributed by atoms with Crippen molar-refractivity contribution in [2.75, 3.05) is 13.1 Å². The highest BCUT2D eigenvalue weighted by molar-refractivity contribution is 8.13. The van der Waals surface area contributed by atoms with Gasteiger partial charge in [-0.2, -0.15) is 4.31 Å². The molecule has 1 aromatic carbocycles. The maximum absolute atomic E-state index is 12.5. The molecule has 118 valence electrons. The van der Waals surface area contributed by atoms with Crippen LogP contribution in [0.4, 0.5) is 0 Å². The first-order valence-corrected chi connectivity index (χ1v) is 10.5. The molecule has 0 bridgehead atoms. The lowest BCUT2D eigenvalue weighted by molar-refractivity contribution is 0.269. The van der Waals surface area contributed by atoms with E-state index >= 15 is 0 Å². The molecule has 0 aliphatic carbocycles. The van der Waals surface area contributed by atoms with Crippen molar-refractivity contribution < 1.29 is 16.8 Å². The molecule has 0 atom stereocenters. The van der Waals surface area contributed by atoms with E-state index in [1.54, 1.807) is 0 Å². The van der Waals surface area contributed by atoms with Crippen LogP contribution in [-0.2, 0) is 19.1 Å². The van der Waals surface area contributed by atoms with Gasteiger partial charge in [-0.1, -0.05) is 13.3 Å². The van der Waals surface area contributed by atoms with Gasteiger partial charge in [-0.25, -0.2) is 16.8 Å². The van der Waals surface area contributed by atoms with Crippen LogP contribution < -0.4 is 0 Å². The Kier molecular flexibility index (Phi) is 4.97. The molecule has 1 aromatic rings. The van der Waals surface area contributed by atoms with Gasteiger partial charge in [-0.05, 0) is 43.0 Å². The van der Waals surface area contributed by atoms with Gasteiger partial charge < -0.3 is 0 Å². The highest BCUT2D eigenvalue weighted by atomic mass is 35.7. The zero-order valence-corrected chi connectivity index (χ0v) is 14.1. The minimum absolute atomic E-state index is 0.0986. The molecule has 1 aliphatic heterocycles. The lowest BCUT2D eigenvalue weighted by atomic mass is 9.96. The average molecular weight is 352 g/mol. The Hall–Kier alpha value is -0.630.